The van der Waals surface area contributed by atoms with E-state index < -0.39 is 0 Å². The smallest absolute Gasteiger partial charge is 0.0546 e. The van der Waals surface area contributed by atoms with Crippen LogP contribution in [0.15, 0.2) is 18.2 Å². The van der Waals surface area contributed by atoms with Crippen molar-refractivity contribution in [2.75, 3.05) is 18.5 Å². The van der Waals surface area contributed by atoms with Crippen molar-refractivity contribution in [3.63, 3.8) is 0 Å². The maximum absolute atomic E-state index is 9.44. The maximum Gasteiger partial charge on any atom is 0.0546 e. The van der Waals surface area contributed by atoms with Crippen molar-refractivity contribution in [1.29, 1.82) is 0 Å². The predicted octanol–water partition coefficient (Wildman–Crippen LogP) is 3.09. The van der Waals surface area contributed by atoms with Crippen LogP contribution in [0.2, 0.25) is 0 Å². The van der Waals surface area contributed by atoms with Crippen molar-refractivity contribution in [3.05, 3.63) is 29.3 Å². The molecule has 1 aliphatic carbocycles. The van der Waals surface area contributed by atoms with Gasteiger partial charge in [0.05, 0.1) is 6.10 Å². The van der Waals surface area contributed by atoms with Crippen LogP contribution >= 0.6 is 0 Å². The Labute approximate surface area is 129 Å². The van der Waals surface area contributed by atoms with Gasteiger partial charge in [-0.05, 0) is 58.1 Å². The SMILES string of the molecule is Cc1ccc(N(C)CC2CC(O)C2)c(CNC(C)(C)C)c1. The minimum absolute atomic E-state index is 0.0663. The summed E-state index contributed by atoms with van der Waals surface area (Å²) < 4.78 is 0. The largest absolute Gasteiger partial charge is 0.393 e. The van der Waals surface area contributed by atoms with E-state index in [0.717, 1.165) is 25.9 Å². The summed E-state index contributed by atoms with van der Waals surface area (Å²) in [5, 5.41) is 13.0. The van der Waals surface area contributed by atoms with E-state index in [1.165, 1.54) is 16.8 Å². The number of rotatable bonds is 5. The standard InChI is InChI=1S/C18H30N2O/c1-13-6-7-17(15(8-13)11-19-18(2,3)4)20(5)12-14-9-16(21)10-14/h6-8,14,16,19,21H,9-12H2,1-5H3. The molecular weight excluding hydrogens is 260 g/mol. The summed E-state index contributed by atoms with van der Waals surface area (Å²) in [7, 11) is 2.16. The molecule has 0 amide bonds. The van der Waals surface area contributed by atoms with Crippen LogP contribution in [0.3, 0.4) is 0 Å². The fraction of sp³-hybridized carbons (Fsp3) is 0.667. The van der Waals surface area contributed by atoms with E-state index in [-0.39, 0.29) is 11.6 Å². The van der Waals surface area contributed by atoms with Gasteiger partial charge in [-0.15, -0.1) is 0 Å². The van der Waals surface area contributed by atoms with Crippen LogP contribution in [0.5, 0.6) is 0 Å². The molecule has 1 aliphatic rings. The lowest BCUT2D eigenvalue weighted by atomic mass is 9.82. The molecule has 0 heterocycles. The topological polar surface area (TPSA) is 35.5 Å². The van der Waals surface area contributed by atoms with Gasteiger partial charge in [-0.2, -0.15) is 0 Å². The number of anilines is 1. The molecule has 0 radical (unpaired) electrons. The molecule has 1 saturated carbocycles. The zero-order valence-electron chi connectivity index (χ0n) is 14.1. The van der Waals surface area contributed by atoms with Crippen molar-refractivity contribution >= 4 is 5.69 Å². The molecule has 0 aromatic heterocycles. The molecular formula is C18H30N2O. The van der Waals surface area contributed by atoms with Gasteiger partial charge in [0.2, 0.25) is 0 Å². The Kier molecular flexibility index (Phi) is 4.95. The van der Waals surface area contributed by atoms with Crippen molar-refractivity contribution in [2.24, 2.45) is 5.92 Å². The van der Waals surface area contributed by atoms with Gasteiger partial charge in [0.1, 0.15) is 0 Å². The quantitative estimate of drug-likeness (QED) is 0.875. The van der Waals surface area contributed by atoms with E-state index >= 15 is 0 Å². The number of benzene rings is 1. The first-order valence-electron chi connectivity index (χ1n) is 7.98. The summed E-state index contributed by atoms with van der Waals surface area (Å²) in [6.45, 7) is 10.7. The highest BCUT2D eigenvalue weighted by Gasteiger charge is 2.28. The highest BCUT2D eigenvalue weighted by atomic mass is 16.3. The molecule has 1 fully saturated rings. The van der Waals surface area contributed by atoms with Gasteiger partial charge in [0.25, 0.3) is 0 Å². The van der Waals surface area contributed by atoms with Crippen LogP contribution in [0, 0.1) is 12.8 Å². The summed E-state index contributed by atoms with van der Waals surface area (Å²) in [5.41, 5.74) is 4.08. The molecule has 3 heteroatoms. The number of nitrogens with zero attached hydrogens (tertiary/aromatic N) is 1. The Bertz CT molecular complexity index is 473. The van der Waals surface area contributed by atoms with Crippen LogP contribution in [-0.4, -0.2) is 30.3 Å². The summed E-state index contributed by atoms with van der Waals surface area (Å²) in [6.07, 6.45) is 1.83. The molecule has 0 unspecified atom stereocenters. The summed E-state index contributed by atoms with van der Waals surface area (Å²) in [5.74, 6) is 0.634. The van der Waals surface area contributed by atoms with Gasteiger partial charge in [-0.3, -0.25) is 0 Å². The van der Waals surface area contributed by atoms with Gasteiger partial charge >= 0.3 is 0 Å². The van der Waals surface area contributed by atoms with Crippen molar-refractivity contribution < 1.29 is 5.11 Å². The van der Waals surface area contributed by atoms with Crippen molar-refractivity contribution in [1.82, 2.24) is 5.32 Å². The molecule has 21 heavy (non-hydrogen) atoms. The number of hydrogen-bond acceptors (Lipinski definition) is 3. The van der Waals surface area contributed by atoms with E-state index in [1.54, 1.807) is 0 Å². The molecule has 2 rings (SSSR count). The molecule has 0 atom stereocenters. The number of aliphatic hydroxyl groups excluding tert-OH is 1. The van der Waals surface area contributed by atoms with Crippen LogP contribution in [0.25, 0.3) is 0 Å². The van der Waals surface area contributed by atoms with E-state index in [2.05, 4.69) is 63.2 Å². The van der Waals surface area contributed by atoms with Crippen molar-refractivity contribution in [2.45, 2.75) is 58.7 Å². The number of aliphatic hydroxyl groups is 1. The van der Waals surface area contributed by atoms with Gasteiger partial charge in [-0.25, -0.2) is 0 Å². The minimum Gasteiger partial charge on any atom is -0.393 e. The number of nitrogens with one attached hydrogen (secondary N) is 1. The molecule has 1 aromatic rings. The lowest BCUT2D eigenvalue weighted by molar-refractivity contribution is 0.0464. The Hall–Kier alpha value is -1.06. The Morgan fingerprint density at radius 3 is 2.52 bits per heavy atom. The average Bonchev–Trinajstić information content (AvgIpc) is 2.33. The van der Waals surface area contributed by atoms with Crippen molar-refractivity contribution in [3.8, 4) is 0 Å². The molecule has 2 N–H and O–H groups in total. The normalized spacial score (nSPS) is 22.0. The first-order chi connectivity index (χ1) is 9.74. The Balaban J connectivity index is 2.06. The molecule has 0 bridgehead atoms. The van der Waals surface area contributed by atoms with E-state index in [9.17, 15) is 5.11 Å². The zero-order chi connectivity index (χ0) is 15.6. The first kappa shape index (κ1) is 16.3. The molecule has 0 saturated heterocycles. The molecule has 1 aromatic carbocycles. The summed E-state index contributed by atoms with van der Waals surface area (Å²) in [4.78, 5) is 2.34. The first-order valence-corrected chi connectivity index (χ1v) is 7.98. The van der Waals surface area contributed by atoms with Gasteiger partial charge < -0.3 is 15.3 Å². The lowest BCUT2D eigenvalue weighted by Crippen LogP contribution is -2.38. The van der Waals surface area contributed by atoms with Crippen LogP contribution in [0.4, 0.5) is 5.69 Å². The minimum atomic E-state index is -0.0663. The Morgan fingerprint density at radius 2 is 1.95 bits per heavy atom. The zero-order valence-corrected chi connectivity index (χ0v) is 14.1. The van der Waals surface area contributed by atoms with E-state index in [0.29, 0.717) is 5.92 Å². The fourth-order valence-electron chi connectivity index (χ4n) is 2.92. The second-order valence-corrected chi connectivity index (χ2v) is 7.61. The fourth-order valence-corrected chi connectivity index (χ4v) is 2.92. The average molecular weight is 290 g/mol. The summed E-state index contributed by atoms with van der Waals surface area (Å²) >= 11 is 0. The van der Waals surface area contributed by atoms with Gasteiger partial charge in [-0.1, -0.05) is 17.7 Å². The van der Waals surface area contributed by atoms with Crippen LogP contribution in [0.1, 0.15) is 44.7 Å². The second kappa shape index (κ2) is 6.37. The maximum atomic E-state index is 9.44. The number of aryl methyl sites for hydroxylation is 1. The van der Waals surface area contributed by atoms with E-state index in [4.69, 9.17) is 0 Å². The van der Waals surface area contributed by atoms with Gasteiger partial charge in [0.15, 0.2) is 0 Å². The monoisotopic (exact) mass is 290 g/mol. The van der Waals surface area contributed by atoms with E-state index in [1.807, 2.05) is 0 Å². The van der Waals surface area contributed by atoms with Crippen LogP contribution in [-0.2, 0) is 6.54 Å². The molecule has 0 spiro atoms. The highest BCUT2D eigenvalue weighted by molar-refractivity contribution is 5.54. The summed E-state index contributed by atoms with van der Waals surface area (Å²) in [6, 6.07) is 6.69. The predicted molar refractivity (Wildman–Crippen MR) is 89.8 cm³/mol. The molecule has 118 valence electrons. The molecule has 0 aliphatic heterocycles. The third-order valence-electron chi connectivity index (χ3n) is 4.20. The van der Waals surface area contributed by atoms with Crippen LogP contribution < -0.4 is 10.2 Å². The molecule has 3 nitrogen and oxygen atoms in total. The lowest BCUT2D eigenvalue weighted by Gasteiger charge is -2.36. The number of hydrogen-bond donors (Lipinski definition) is 2. The third kappa shape index (κ3) is 4.72. The third-order valence-corrected chi connectivity index (χ3v) is 4.20. The Morgan fingerprint density at radius 1 is 1.29 bits per heavy atom. The second-order valence-electron chi connectivity index (χ2n) is 7.61. The van der Waals surface area contributed by atoms with Gasteiger partial charge in [0, 0.05) is 31.4 Å². The highest BCUT2D eigenvalue weighted by Crippen LogP contribution is 2.30.